The van der Waals surface area contributed by atoms with Crippen LogP contribution in [-0.4, -0.2) is 18.5 Å². The minimum Gasteiger partial charge on any atom is -0.374 e. The van der Waals surface area contributed by atoms with Crippen LogP contribution in [0.2, 0.25) is 0 Å². The van der Waals surface area contributed by atoms with Gasteiger partial charge in [-0.2, -0.15) is 0 Å². The van der Waals surface area contributed by atoms with Gasteiger partial charge in [-0.25, -0.2) is 0 Å². The molecule has 0 heterocycles. The van der Waals surface area contributed by atoms with E-state index >= 15 is 0 Å². The quantitative estimate of drug-likeness (QED) is 0.667. The summed E-state index contributed by atoms with van der Waals surface area (Å²) < 4.78 is 6.19. The summed E-state index contributed by atoms with van der Waals surface area (Å²) in [6.07, 6.45) is 13.1. The summed E-state index contributed by atoms with van der Waals surface area (Å²) in [5.41, 5.74) is 0.802. The topological polar surface area (TPSA) is 26.3 Å². The van der Waals surface area contributed by atoms with Gasteiger partial charge in [0.1, 0.15) is 5.78 Å². The third-order valence-corrected chi connectivity index (χ3v) is 8.81. The first-order valence-corrected chi connectivity index (χ1v) is 10.2. The van der Waals surface area contributed by atoms with Crippen molar-refractivity contribution in [3.8, 4) is 0 Å². The van der Waals surface area contributed by atoms with Crippen molar-refractivity contribution in [1.82, 2.24) is 0 Å². The summed E-state index contributed by atoms with van der Waals surface area (Å²) in [4.78, 5) is 12.0. The molecule has 2 nitrogen and oxygen atoms in total. The van der Waals surface area contributed by atoms with Crippen molar-refractivity contribution >= 4 is 5.78 Å². The predicted octanol–water partition coefficient (Wildman–Crippen LogP) is 5.17. The van der Waals surface area contributed by atoms with Crippen LogP contribution in [0.15, 0.2) is 12.7 Å². The van der Waals surface area contributed by atoms with Crippen molar-refractivity contribution in [3.05, 3.63) is 12.7 Å². The number of hydrogen-bond acceptors (Lipinski definition) is 2. The maximum atomic E-state index is 12.0. The van der Waals surface area contributed by atoms with Gasteiger partial charge >= 0.3 is 0 Å². The first kappa shape index (κ1) is 16.8. The fourth-order valence-corrected chi connectivity index (χ4v) is 7.46. The number of rotatable bonds is 3. The Labute approximate surface area is 147 Å². The summed E-state index contributed by atoms with van der Waals surface area (Å²) in [6, 6.07) is 0. The molecule has 0 aliphatic heterocycles. The normalized spacial score (nSPS) is 50.8. The third kappa shape index (κ3) is 2.35. The van der Waals surface area contributed by atoms with Crippen LogP contribution < -0.4 is 0 Å². The van der Waals surface area contributed by atoms with Crippen molar-refractivity contribution in [3.63, 3.8) is 0 Å². The van der Waals surface area contributed by atoms with E-state index in [0.29, 0.717) is 35.2 Å². The molecule has 24 heavy (non-hydrogen) atoms. The average Bonchev–Trinajstić information content (AvgIpc) is 2.90. The lowest BCUT2D eigenvalue weighted by atomic mass is 9.45. The van der Waals surface area contributed by atoms with Gasteiger partial charge in [-0.1, -0.05) is 19.9 Å². The molecule has 2 heteroatoms. The molecule has 0 aromatic rings. The Morgan fingerprint density at radius 3 is 2.67 bits per heavy atom. The summed E-state index contributed by atoms with van der Waals surface area (Å²) in [5, 5.41) is 0. The highest BCUT2D eigenvalue weighted by Crippen LogP contribution is 2.66. The predicted molar refractivity (Wildman–Crippen MR) is 96.7 cm³/mol. The van der Waals surface area contributed by atoms with Gasteiger partial charge in [0, 0.05) is 12.8 Å². The lowest BCUT2D eigenvalue weighted by Gasteiger charge is -2.60. The molecule has 134 valence electrons. The Morgan fingerprint density at radius 1 is 1.08 bits per heavy atom. The zero-order chi connectivity index (χ0) is 16.9. The van der Waals surface area contributed by atoms with Crippen molar-refractivity contribution in [2.24, 2.45) is 34.5 Å². The standard InChI is InChI=1S/C22H34O2/c1-4-13-24-20-8-7-18-17-6-5-15-14-16(23)9-11-21(15,2)19(17)10-12-22(18,20)3/h4,15,17-20H,1,5-14H2,2-3H3/t15-,17-,18-,19-,20-,21-,22-/m0/s1. The number of carbonyl (C=O) groups is 1. The first-order valence-electron chi connectivity index (χ1n) is 10.2. The monoisotopic (exact) mass is 330 g/mol. The molecule has 0 aromatic carbocycles. The minimum absolute atomic E-state index is 0.373. The van der Waals surface area contributed by atoms with Crippen LogP contribution in [-0.2, 0) is 9.53 Å². The molecule has 4 rings (SSSR count). The van der Waals surface area contributed by atoms with E-state index in [1.54, 1.807) is 0 Å². The Balaban J connectivity index is 1.56. The number of ketones is 1. The highest BCUT2D eigenvalue weighted by molar-refractivity contribution is 5.79. The van der Waals surface area contributed by atoms with Crippen LogP contribution in [0.1, 0.15) is 71.6 Å². The molecule has 0 N–H and O–H groups in total. The molecule has 0 unspecified atom stereocenters. The Hall–Kier alpha value is -0.630. The summed E-state index contributed by atoms with van der Waals surface area (Å²) >= 11 is 0. The SMILES string of the molecule is C=CCO[C@H]1CC[C@H]2[C@@H]3CC[C@H]4CC(=O)CC[C@]4(C)[C@H]3CC[C@]12C. The van der Waals surface area contributed by atoms with Crippen LogP contribution in [0.3, 0.4) is 0 Å². The van der Waals surface area contributed by atoms with E-state index in [0.717, 1.165) is 37.0 Å². The second-order valence-corrected chi connectivity index (χ2v) is 9.63. The number of fused-ring (bicyclic) bond motifs is 5. The fraction of sp³-hybridized carbons (Fsp3) is 0.864. The Bertz CT molecular complexity index is 526. The second-order valence-electron chi connectivity index (χ2n) is 9.63. The van der Waals surface area contributed by atoms with Crippen LogP contribution in [0.4, 0.5) is 0 Å². The maximum absolute atomic E-state index is 12.0. The van der Waals surface area contributed by atoms with E-state index in [2.05, 4.69) is 20.4 Å². The molecule has 4 aliphatic rings. The largest absolute Gasteiger partial charge is 0.374 e. The Morgan fingerprint density at radius 2 is 1.88 bits per heavy atom. The lowest BCUT2D eigenvalue weighted by Crippen LogP contribution is -2.54. The third-order valence-electron chi connectivity index (χ3n) is 8.81. The Kier molecular flexibility index (Phi) is 4.18. The van der Waals surface area contributed by atoms with E-state index < -0.39 is 0 Å². The van der Waals surface area contributed by atoms with Crippen molar-refractivity contribution in [1.29, 1.82) is 0 Å². The van der Waals surface area contributed by atoms with Gasteiger partial charge in [-0.05, 0) is 79.4 Å². The minimum atomic E-state index is 0.373. The molecule has 0 bridgehead atoms. The molecule has 0 amide bonds. The van der Waals surface area contributed by atoms with Gasteiger partial charge in [0.15, 0.2) is 0 Å². The molecule has 0 radical (unpaired) electrons. The van der Waals surface area contributed by atoms with Crippen molar-refractivity contribution in [2.75, 3.05) is 6.61 Å². The number of ether oxygens (including phenoxy) is 1. The summed E-state index contributed by atoms with van der Waals surface area (Å²) in [7, 11) is 0. The van der Waals surface area contributed by atoms with Crippen LogP contribution >= 0.6 is 0 Å². The molecule has 4 saturated carbocycles. The van der Waals surface area contributed by atoms with E-state index in [-0.39, 0.29) is 0 Å². The molecule has 7 atom stereocenters. The van der Waals surface area contributed by atoms with Crippen LogP contribution in [0.5, 0.6) is 0 Å². The highest BCUT2D eigenvalue weighted by Gasteiger charge is 2.60. The van der Waals surface area contributed by atoms with E-state index in [1.165, 1.54) is 38.5 Å². The summed E-state index contributed by atoms with van der Waals surface area (Å²) in [5.74, 6) is 3.74. The van der Waals surface area contributed by atoms with Crippen molar-refractivity contribution < 1.29 is 9.53 Å². The van der Waals surface area contributed by atoms with Crippen LogP contribution in [0.25, 0.3) is 0 Å². The maximum Gasteiger partial charge on any atom is 0.133 e. The number of carbonyl (C=O) groups excluding carboxylic acids is 1. The molecular weight excluding hydrogens is 296 g/mol. The molecular formula is C22H34O2. The highest BCUT2D eigenvalue weighted by atomic mass is 16.5. The number of Topliss-reactive ketones (excluding diaryl/α,β-unsaturated/α-hetero) is 1. The van der Waals surface area contributed by atoms with Gasteiger partial charge in [0.2, 0.25) is 0 Å². The second kappa shape index (κ2) is 5.97. The molecule has 0 saturated heterocycles. The fourth-order valence-electron chi connectivity index (χ4n) is 7.46. The van der Waals surface area contributed by atoms with Gasteiger partial charge in [-0.3, -0.25) is 4.79 Å². The zero-order valence-electron chi connectivity index (χ0n) is 15.6. The molecule has 0 aromatic heterocycles. The van der Waals surface area contributed by atoms with Gasteiger partial charge in [0.25, 0.3) is 0 Å². The van der Waals surface area contributed by atoms with E-state index in [4.69, 9.17) is 4.74 Å². The van der Waals surface area contributed by atoms with E-state index in [9.17, 15) is 4.79 Å². The molecule has 4 aliphatic carbocycles. The van der Waals surface area contributed by atoms with E-state index in [1.807, 2.05) is 6.08 Å². The van der Waals surface area contributed by atoms with Crippen molar-refractivity contribution in [2.45, 2.75) is 77.7 Å². The van der Waals surface area contributed by atoms with Crippen LogP contribution in [0, 0.1) is 34.5 Å². The molecule has 4 fully saturated rings. The average molecular weight is 331 g/mol. The zero-order valence-corrected chi connectivity index (χ0v) is 15.6. The summed E-state index contributed by atoms with van der Waals surface area (Å²) in [6.45, 7) is 9.56. The smallest absolute Gasteiger partial charge is 0.133 e. The first-order chi connectivity index (χ1) is 11.5. The van der Waals surface area contributed by atoms with Gasteiger partial charge in [0.05, 0.1) is 12.7 Å². The lowest BCUT2D eigenvalue weighted by molar-refractivity contribution is -0.144. The number of hydrogen-bond donors (Lipinski definition) is 0. The van der Waals surface area contributed by atoms with Gasteiger partial charge in [-0.15, -0.1) is 6.58 Å². The molecule has 0 spiro atoms. The van der Waals surface area contributed by atoms with Gasteiger partial charge < -0.3 is 4.74 Å².